The molecule has 1 aromatic rings. The van der Waals surface area contributed by atoms with Gasteiger partial charge >= 0.3 is 5.69 Å². The molecule has 0 unspecified atom stereocenters. The van der Waals surface area contributed by atoms with E-state index in [0.29, 0.717) is 6.42 Å². The van der Waals surface area contributed by atoms with Crippen molar-refractivity contribution >= 4 is 5.82 Å². The highest BCUT2D eigenvalue weighted by molar-refractivity contribution is 5.33. The fourth-order valence-electron chi connectivity index (χ4n) is 1.12. The summed E-state index contributed by atoms with van der Waals surface area (Å²) in [7, 11) is 0. The van der Waals surface area contributed by atoms with Crippen molar-refractivity contribution in [1.29, 1.82) is 0 Å². The lowest BCUT2D eigenvalue weighted by Crippen LogP contribution is -2.47. The number of rotatable bonds is 5. The highest BCUT2D eigenvalue weighted by Crippen LogP contribution is 2.12. The van der Waals surface area contributed by atoms with Crippen LogP contribution in [-0.2, 0) is 0 Å². The Morgan fingerprint density at radius 3 is 2.44 bits per heavy atom. The average Bonchev–Trinajstić information content (AvgIpc) is 2.29. The third kappa shape index (κ3) is 2.47. The van der Waals surface area contributed by atoms with Gasteiger partial charge in [0.25, 0.3) is 5.56 Å². The first-order valence-corrected chi connectivity index (χ1v) is 4.76. The van der Waals surface area contributed by atoms with E-state index in [2.05, 4.69) is 10.4 Å². The van der Waals surface area contributed by atoms with E-state index in [1.54, 1.807) is 6.92 Å². The van der Waals surface area contributed by atoms with Gasteiger partial charge in [-0.3, -0.25) is 9.78 Å². The van der Waals surface area contributed by atoms with Gasteiger partial charge in [-0.15, -0.1) is 5.10 Å². The lowest BCUT2D eigenvalue weighted by Gasteiger charge is -2.29. The van der Waals surface area contributed by atoms with Gasteiger partial charge in [0, 0.05) is 0 Å². The maximum absolute atomic E-state index is 11.3. The predicted molar refractivity (Wildman–Crippen MR) is 56.3 cm³/mol. The molecule has 90 valence electrons. The Kier molecular flexibility index (Phi) is 3.80. The second kappa shape index (κ2) is 4.90. The van der Waals surface area contributed by atoms with Crippen molar-refractivity contribution in [2.75, 3.05) is 18.5 Å². The first-order chi connectivity index (χ1) is 7.56. The highest BCUT2D eigenvalue weighted by Gasteiger charge is 2.27. The van der Waals surface area contributed by atoms with Crippen molar-refractivity contribution in [2.45, 2.75) is 18.9 Å². The zero-order chi connectivity index (χ0) is 12.2. The SMILES string of the molecule is CCC(CO)(CO)Nc1n[nH]c(=O)[nH]c1=O. The molecule has 0 amide bonds. The molecule has 0 atom stereocenters. The molecule has 0 saturated carbocycles. The van der Waals surface area contributed by atoms with Crippen LogP contribution in [0, 0.1) is 0 Å². The third-order valence-corrected chi connectivity index (χ3v) is 2.38. The largest absolute Gasteiger partial charge is 0.394 e. The van der Waals surface area contributed by atoms with Gasteiger partial charge in [0.05, 0.1) is 18.8 Å². The number of hydrogen-bond donors (Lipinski definition) is 5. The van der Waals surface area contributed by atoms with Crippen LogP contribution in [0.25, 0.3) is 0 Å². The van der Waals surface area contributed by atoms with Crippen molar-refractivity contribution in [3.63, 3.8) is 0 Å². The topological polar surface area (TPSA) is 131 Å². The molecule has 0 bridgehead atoms. The fourth-order valence-corrected chi connectivity index (χ4v) is 1.12. The zero-order valence-corrected chi connectivity index (χ0v) is 8.78. The molecule has 8 nitrogen and oxygen atoms in total. The summed E-state index contributed by atoms with van der Waals surface area (Å²) in [5, 5.41) is 26.5. The number of nitrogens with one attached hydrogen (secondary N) is 3. The second-order valence-corrected chi connectivity index (χ2v) is 3.43. The van der Waals surface area contributed by atoms with E-state index < -0.39 is 16.8 Å². The van der Waals surface area contributed by atoms with Crippen molar-refractivity contribution in [1.82, 2.24) is 15.2 Å². The maximum Gasteiger partial charge on any atom is 0.342 e. The zero-order valence-electron chi connectivity index (χ0n) is 8.78. The lowest BCUT2D eigenvalue weighted by molar-refractivity contribution is 0.132. The summed E-state index contributed by atoms with van der Waals surface area (Å²) < 4.78 is 0. The predicted octanol–water partition coefficient (Wildman–Crippen LogP) is -2.00. The Morgan fingerprint density at radius 1 is 1.38 bits per heavy atom. The Hall–Kier alpha value is -1.67. The van der Waals surface area contributed by atoms with Gasteiger partial charge < -0.3 is 15.5 Å². The summed E-state index contributed by atoms with van der Waals surface area (Å²) in [6.45, 7) is 1.01. The summed E-state index contributed by atoms with van der Waals surface area (Å²) >= 11 is 0. The first-order valence-electron chi connectivity index (χ1n) is 4.76. The highest BCUT2D eigenvalue weighted by atomic mass is 16.3. The molecule has 0 fully saturated rings. The second-order valence-electron chi connectivity index (χ2n) is 3.43. The molecule has 0 aromatic carbocycles. The smallest absolute Gasteiger partial charge is 0.342 e. The van der Waals surface area contributed by atoms with Gasteiger partial charge in [0.2, 0.25) is 5.82 Å². The molecule has 0 aliphatic carbocycles. The minimum Gasteiger partial charge on any atom is -0.394 e. The van der Waals surface area contributed by atoms with Crippen LogP contribution in [0.3, 0.4) is 0 Å². The summed E-state index contributed by atoms with van der Waals surface area (Å²) in [6.07, 6.45) is 0.389. The summed E-state index contributed by atoms with van der Waals surface area (Å²) in [4.78, 5) is 24.0. The van der Waals surface area contributed by atoms with Crippen molar-refractivity contribution in [3.05, 3.63) is 20.8 Å². The lowest BCUT2D eigenvalue weighted by atomic mass is 9.99. The van der Waals surface area contributed by atoms with E-state index in [4.69, 9.17) is 10.2 Å². The molecule has 1 rings (SSSR count). The molecule has 0 radical (unpaired) electrons. The molecule has 16 heavy (non-hydrogen) atoms. The van der Waals surface area contributed by atoms with E-state index in [9.17, 15) is 9.59 Å². The molecule has 0 aliphatic rings. The van der Waals surface area contributed by atoms with Gasteiger partial charge in [-0.05, 0) is 6.42 Å². The van der Waals surface area contributed by atoms with Gasteiger partial charge in [0.1, 0.15) is 0 Å². The number of aromatic amines is 2. The van der Waals surface area contributed by atoms with Crippen LogP contribution < -0.4 is 16.6 Å². The van der Waals surface area contributed by atoms with Gasteiger partial charge in [0.15, 0.2) is 0 Å². The molecule has 8 heteroatoms. The van der Waals surface area contributed by atoms with Crippen LogP contribution in [0.1, 0.15) is 13.3 Å². The summed E-state index contributed by atoms with van der Waals surface area (Å²) in [5.74, 6) is -0.149. The number of nitrogens with zero attached hydrogens (tertiary/aromatic N) is 1. The Labute approximate surface area is 90.3 Å². The monoisotopic (exact) mass is 230 g/mol. The van der Waals surface area contributed by atoms with E-state index in [1.807, 2.05) is 10.1 Å². The molecule has 0 spiro atoms. The van der Waals surface area contributed by atoms with Crippen LogP contribution in [-0.4, -0.2) is 44.1 Å². The molecule has 5 N–H and O–H groups in total. The number of H-pyrrole nitrogens is 2. The molecule has 0 saturated heterocycles. The Morgan fingerprint density at radius 2 is 2.00 bits per heavy atom. The fraction of sp³-hybridized carbons (Fsp3) is 0.625. The van der Waals surface area contributed by atoms with Crippen molar-refractivity contribution < 1.29 is 10.2 Å². The van der Waals surface area contributed by atoms with Crippen LogP contribution >= 0.6 is 0 Å². The summed E-state index contributed by atoms with van der Waals surface area (Å²) in [5.41, 5.74) is -2.45. The van der Waals surface area contributed by atoms with Crippen LogP contribution in [0.2, 0.25) is 0 Å². The van der Waals surface area contributed by atoms with Gasteiger partial charge in [-0.25, -0.2) is 9.89 Å². The molecule has 0 aliphatic heterocycles. The van der Waals surface area contributed by atoms with Crippen molar-refractivity contribution in [3.8, 4) is 0 Å². The van der Waals surface area contributed by atoms with E-state index in [-0.39, 0.29) is 19.0 Å². The van der Waals surface area contributed by atoms with E-state index in [0.717, 1.165) is 0 Å². The Balaban J connectivity index is 3.03. The number of anilines is 1. The molecular formula is C8H14N4O4. The molecule has 1 aromatic heterocycles. The van der Waals surface area contributed by atoms with Gasteiger partial charge in [-0.2, -0.15) is 0 Å². The number of aliphatic hydroxyl groups is 2. The minimum absolute atomic E-state index is 0.149. The molecular weight excluding hydrogens is 216 g/mol. The van der Waals surface area contributed by atoms with E-state index in [1.165, 1.54) is 0 Å². The average molecular weight is 230 g/mol. The number of aromatic nitrogens is 3. The minimum atomic E-state index is -1.03. The normalized spacial score (nSPS) is 11.4. The first kappa shape index (κ1) is 12.4. The number of hydrogen-bond acceptors (Lipinski definition) is 6. The third-order valence-electron chi connectivity index (χ3n) is 2.38. The molecule has 1 heterocycles. The van der Waals surface area contributed by atoms with Crippen molar-refractivity contribution in [2.24, 2.45) is 0 Å². The standard InChI is InChI=1S/C8H14N4O4/c1-2-8(3-13,4-14)10-5-6(15)9-7(16)12-11-5/h13-14H,2-4H2,1H3,(H,10,11)(H2,9,12,15,16). The van der Waals surface area contributed by atoms with E-state index >= 15 is 0 Å². The number of aliphatic hydroxyl groups excluding tert-OH is 2. The summed E-state index contributed by atoms with van der Waals surface area (Å²) in [6, 6.07) is 0. The van der Waals surface area contributed by atoms with Gasteiger partial charge in [-0.1, -0.05) is 6.92 Å². The van der Waals surface area contributed by atoms with Crippen LogP contribution in [0.4, 0.5) is 5.82 Å². The Bertz CT molecular complexity index is 440. The quantitative estimate of drug-likeness (QED) is 0.397. The maximum atomic E-state index is 11.3. The van der Waals surface area contributed by atoms with Crippen LogP contribution in [0.5, 0.6) is 0 Å². The van der Waals surface area contributed by atoms with Crippen LogP contribution in [0.15, 0.2) is 9.59 Å².